The summed E-state index contributed by atoms with van der Waals surface area (Å²) in [7, 11) is 0. The fourth-order valence-corrected chi connectivity index (χ4v) is 4.10. The van der Waals surface area contributed by atoms with Gasteiger partial charge in [0.2, 0.25) is 0 Å². The number of anilines is 2. The zero-order valence-electron chi connectivity index (χ0n) is 19.3. The van der Waals surface area contributed by atoms with Crippen LogP contribution >= 0.6 is 0 Å². The maximum atomic E-state index is 12.7. The van der Waals surface area contributed by atoms with Crippen LogP contribution in [0, 0.1) is 6.92 Å². The number of hydrogen-bond acceptors (Lipinski definition) is 6. The van der Waals surface area contributed by atoms with Gasteiger partial charge >= 0.3 is 5.69 Å². The lowest BCUT2D eigenvalue weighted by Gasteiger charge is -2.24. The van der Waals surface area contributed by atoms with Crippen molar-refractivity contribution in [2.24, 2.45) is 16.5 Å². The quantitative estimate of drug-likeness (QED) is 0.316. The molecule has 1 aromatic heterocycles. The first kappa shape index (κ1) is 23.6. The van der Waals surface area contributed by atoms with E-state index >= 15 is 0 Å². The lowest BCUT2D eigenvalue weighted by molar-refractivity contribution is 0.278. The van der Waals surface area contributed by atoms with E-state index in [2.05, 4.69) is 20.2 Å². The predicted octanol–water partition coefficient (Wildman–Crippen LogP) is 3.12. The highest BCUT2D eigenvalue weighted by molar-refractivity contribution is 5.75. The monoisotopic (exact) mass is 441 g/mol. The molecule has 1 fully saturated rings. The Kier molecular flexibility index (Phi) is 8.10. The largest absolute Gasteiger partial charge is 0.450 e. The van der Waals surface area contributed by atoms with Crippen LogP contribution in [0.15, 0.2) is 34.2 Å². The summed E-state index contributed by atoms with van der Waals surface area (Å²) in [6, 6.07) is 6.03. The third-order valence-electron chi connectivity index (χ3n) is 5.64. The van der Waals surface area contributed by atoms with Crippen LogP contribution in [0.25, 0.3) is 0 Å². The molecule has 5 N–H and O–H groups in total. The summed E-state index contributed by atoms with van der Waals surface area (Å²) in [6.45, 7) is 9.54. The molecule has 32 heavy (non-hydrogen) atoms. The number of nitrogens with two attached hydrogens (primary N) is 2. The minimum absolute atomic E-state index is 0.112. The second kappa shape index (κ2) is 11.0. The second-order valence-electron chi connectivity index (χ2n) is 7.96. The number of nitrogens with zero attached hydrogens (tertiary/aromatic N) is 4. The maximum absolute atomic E-state index is 12.7. The van der Waals surface area contributed by atoms with Gasteiger partial charge in [-0.1, -0.05) is 19.9 Å². The molecule has 0 radical (unpaired) electrons. The Balaban J connectivity index is 0.00000141. The molecule has 4 rings (SSSR count). The Hall–Kier alpha value is -3.07. The number of aryl methyl sites for hydroxylation is 1. The Morgan fingerprint density at radius 2 is 2.06 bits per heavy atom. The van der Waals surface area contributed by atoms with Crippen molar-refractivity contribution < 1.29 is 4.74 Å². The van der Waals surface area contributed by atoms with Crippen LogP contribution in [0.2, 0.25) is 0 Å². The summed E-state index contributed by atoms with van der Waals surface area (Å²) in [5.74, 6) is 1.95. The first-order valence-corrected chi connectivity index (χ1v) is 11.5. The molecule has 2 aliphatic rings. The summed E-state index contributed by atoms with van der Waals surface area (Å²) < 4.78 is 7.77. The van der Waals surface area contributed by atoms with Gasteiger partial charge in [-0.15, -0.1) is 0 Å². The van der Waals surface area contributed by atoms with Gasteiger partial charge in [-0.25, -0.2) is 4.79 Å². The van der Waals surface area contributed by atoms with E-state index in [1.807, 2.05) is 39.0 Å². The minimum Gasteiger partial charge on any atom is -0.450 e. The highest BCUT2D eigenvalue weighted by Gasteiger charge is 2.24. The predicted molar refractivity (Wildman–Crippen MR) is 129 cm³/mol. The minimum atomic E-state index is -0.243. The number of aliphatic imine (C=N–C) groups is 1. The van der Waals surface area contributed by atoms with Gasteiger partial charge in [0, 0.05) is 19.1 Å². The summed E-state index contributed by atoms with van der Waals surface area (Å²) in [6.07, 6.45) is 5.58. The van der Waals surface area contributed by atoms with E-state index in [1.165, 1.54) is 0 Å². The van der Waals surface area contributed by atoms with Crippen molar-refractivity contribution >= 4 is 17.5 Å². The van der Waals surface area contributed by atoms with E-state index in [0.29, 0.717) is 18.1 Å². The molecular weight excluding hydrogens is 406 g/mol. The molecule has 0 aliphatic carbocycles. The number of guanidine groups is 1. The zero-order chi connectivity index (χ0) is 23.1. The SMILES string of the molecule is CC.Cc1ccc2c(c1)Nc1nc(=O)n(C3CCCN(CCCN=C(N)N)CC3)cc1O2. The van der Waals surface area contributed by atoms with Gasteiger partial charge in [0.1, 0.15) is 0 Å². The topological polar surface area (TPSA) is 124 Å². The molecule has 9 heteroatoms. The Morgan fingerprint density at radius 1 is 1.25 bits per heavy atom. The highest BCUT2D eigenvalue weighted by Crippen LogP contribution is 2.40. The fourth-order valence-electron chi connectivity index (χ4n) is 4.10. The van der Waals surface area contributed by atoms with Gasteiger partial charge in [0.25, 0.3) is 0 Å². The van der Waals surface area contributed by atoms with Crippen LogP contribution in [0.3, 0.4) is 0 Å². The van der Waals surface area contributed by atoms with E-state index < -0.39 is 0 Å². The number of benzene rings is 1. The molecule has 2 aromatic rings. The molecule has 1 atom stereocenters. The summed E-state index contributed by atoms with van der Waals surface area (Å²) in [5.41, 5.74) is 12.5. The third kappa shape index (κ3) is 5.79. The average Bonchev–Trinajstić information content (AvgIpc) is 3.02. The normalized spacial score (nSPS) is 17.4. The molecule has 2 aliphatic heterocycles. The number of likely N-dealkylation sites (tertiary alicyclic amines) is 1. The lowest BCUT2D eigenvalue weighted by Crippen LogP contribution is -2.30. The lowest BCUT2D eigenvalue weighted by atomic mass is 10.1. The first-order valence-electron chi connectivity index (χ1n) is 11.5. The Labute approximate surface area is 189 Å². The van der Waals surface area contributed by atoms with Crippen molar-refractivity contribution in [3.8, 4) is 11.5 Å². The van der Waals surface area contributed by atoms with E-state index in [9.17, 15) is 4.79 Å². The summed E-state index contributed by atoms with van der Waals surface area (Å²) in [5, 5.41) is 3.22. The molecule has 9 nitrogen and oxygen atoms in total. The van der Waals surface area contributed by atoms with E-state index in [-0.39, 0.29) is 17.7 Å². The molecule has 0 spiro atoms. The molecule has 0 saturated carbocycles. The van der Waals surface area contributed by atoms with Gasteiger partial charge in [0.15, 0.2) is 23.3 Å². The average molecular weight is 442 g/mol. The van der Waals surface area contributed by atoms with Gasteiger partial charge in [-0.2, -0.15) is 4.98 Å². The molecule has 1 aromatic carbocycles. The van der Waals surface area contributed by atoms with Crippen LogP contribution in [-0.4, -0.2) is 46.6 Å². The molecule has 174 valence electrons. The van der Waals surface area contributed by atoms with Crippen molar-refractivity contribution in [2.75, 3.05) is 31.5 Å². The third-order valence-corrected chi connectivity index (χ3v) is 5.64. The van der Waals surface area contributed by atoms with Gasteiger partial charge in [0.05, 0.1) is 11.9 Å². The van der Waals surface area contributed by atoms with Crippen LogP contribution in [0.5, 0.6) is 11.5 Å². The van der Waals surface area contributed by atoms with Crippen LogP contribution in [0.4, 0.5) is 11.5 Å². The van der Waals surface area contributed by atoms with E-state index in [1.54, 1.807) is 10.8 Å². The Bertz CT molecular complexity index is 998. The number of hydrogen-bond donors (Lipinski definition) is 3. The molecular formula is C23H35N7O2. The number of ether oxygens (including phenoxy) is 1. The molecule has 1 unspecified atom stereocenters. The Morgan fingerprint density at radius 3 is 2.84 bits per heavy atom. The second-order valence-corrected chi connectivity index (χ2v) is 7.96. The molecule has 3 heterocycles. The van der Waals surface area contributed by atoms with Gasteiger partial charge < -0.3 is 26.4 Å². The number of fused-ring (bicyclic) bond motifs is 2. The van der Waals surface area contributed by atoms with Crippen molar-refractivity contribution in [2.45, 2.75) is 52.5 Å². The van der Waals surface area contributed by atoms with Gasteiger partial charge in [-0.3, -0.25) is 9.56 Å². The maximum Gasteiger partial charge on any atom is 0.350 e. The standard InChI is InChI=1S/C21H29N7O2.C2H6/c1-14-5-6-17-16(12-14)25-19-18(30-17)13-28(21(29)26-19)15-4-2-9-27(11-7-15)10-3-8-24-20(22)23;1-2/h5-6,12-13,15H,2-4,7-11H2,1H3,(H4,22,23,24)(H,25,26,29);1-2H3. The highest BCUT2D eigenvalue weighted by atomic mass is 16.5. The molecule has 1 saturated heterocycles. The fraction of sp³-hybridized carbons (Fsp3) is 0.522. The van der Waals surface area contributed by atoms with Crippen LogP contribution < -0.4 is 27.2 Å². The molecule has 0 amide bonds. The summed E-state index contributed by atoms with van der Waals surface area (Å²) >= 11 is 0. The number of aromatic nitrogens is 2. The van der Waals surface area contributed by atoms with E-state index in [0.717, 1.165) is 62.3 Å². The number of nitrogens with one attached hydrogen (secondary N) is 1. The first-order chi connectivity index (χ1) is 15.5. The van der Waals surface area contributed by atoms with Crippen molar-refractivity contribution in [1.29, 1.82) is 0 Å². The molecule has 0 bridgehead atoms. The van der Waals surface area contributed by atoms with Crippen LogP contribution in [-0.2, 0) is 0 Å². The van der Waals surface area contributed by atoms with Crippen molar-refractivity contribution in [3.05, 3.63) is 40.4 Å². The van der Waals surface area contributed by atoms with Crippen molar-refractivity contribution in [3.63, 3.8) is 0 Å². The van der Waals surface area contributed by atoms with Gasteiger partial charge in [-0.05, 0) is 63.4 Å². The zero-order valence-corrected chi connectivity index (χ0v) is 19.3. The van der Waals surface area contributed by atoms with E-state index in [4.69, 9.17) is 16.2 Å². The van der Waals surface area contributed by atoms with Crippen LogP contribution in [0.1, 0.15) is 51.1 Å². The summed E-state index contributed by atoms with van der Waals surface area (Å²) in [4.78, 5) is 23.5. The smallest absolute Gasteiger partial charge is 0.350 e. The van der Waals surface area contributed by atoms with Crippen molar-refractivity contribution in [1.82, 2.24) is 14.5 Å². The number of rotatable bonds is 5.